The Morgan fingerprint density at radius 1 is 1.25 bits per heavy atom. The van der Waals surface area contributed by atoms with Gasteiger partial charge in [-0.2, -0.15) is 0 Å². The molecule has 0 atom stereocenters. The number of ether oxygens (including phenoxy) is 2. The minimum Gasteiger partial charge on any atom is -0.493 e. The molecule has 0 fully saturated rings. The predicted molar refractivity (Wildman–Crippen MR) is 103 cm³/mol. The maximum atomic E-state index is 6.03. The van der Waals surface area contributed by atoms with Gasteiger partial charge < -0.3 is 14.3 Å². The summed E-state index contributed by atoms with van der Waals surface area (Å²) in [7, 11) is 0. The Labute approximate surface area is 154 Å². The maximum Gasteiger partial charge on any atom is 0.134 e. The number of aryl methyl sites for hydroxylation is 1. The molecule has 0 N–H and O–H groups in total. The van der Waals surface area contributed by atoms with Crippen LogP contribution in [0.15, 0.2) is 28.3 Å². The summed E-state index contributed by atoms with van der Waals surface area (Å²) in [4.78, 5) is 5.19. The van der Waals surface area contributed by atoms with Crippen LogP contribution in [0.4, 0.5) is 0 Å². The number of hydrogen-bond donors (Lipinski definition) is 0. The van der Waals surface area contributed by atoms with Gasteiger partial charge in [0, 0.05) is 5.56 Å². The summed E-state index contributed by atoms with van der Waals surface area (Å²) in [6.07, 6.45) is 4.45. The molecule has 0 saturated heterocycles. The molecule has 0 aliphatic heterocycles. The number of oxime groups is 1. The van der Waals surface area contributed by atoms with Crippen molar-refractivity contribution in [3.8, 4) is 11.5 Å². The van der Waals surface area contributed by atoms with E-state index in [0.717, 1.165) is 52.1 Å². The molecule has 0 bridgehead atoms. The van der Waals surface area contributed by atoms with E-state index in [2.05, 4.69) is 34.6 Å². The van der Waals surface area contributed by atoms with Crippen molar-refractivity contribution in [3.63, 3.8) is 0 Å². The Kier molecular flexibility index (Phi) is 9.53. The van der Waals surface area contributed by atoms with Gasteiger partial charge in [-0.15, -0.1) is 0 Å². The molecule has 0 amide bonds. The highest BCUT2D eigenvalue weighted by atomic mass is 79.9. The third-order valence-corrected chi connectivity index (χ3v) is 4.16. The van der Waals surface area contributed by atoms with E-state index in [4.69, 9.17) is 14.3 Å². The van der Waals surface area contributed by atoms with Crippen molar-refractivity contribution >= 4 is 21.6 Å². The summed E-state index contributed by atoms with van der Waals surface area (Å²) in [6.45, 7) is 13.4. The smallest absolute Gasteiger partial charge is 0.134 e. The fourth-order valence-electron chi connectivity index (χ4n) is 2.20. The van der Waals surface area contributed by atoms with Gasteiger partial charge in [0.15, 0.2) is 0 Å². The van der Waals surface area contributed by atoms with Crippen molar-refractivity contribution in [1.82, 2.24) is 0 Å². The van der Waals surface area contributed by atoms with E-state index < -0.39 is 0 Å². The molecule has 0 aromatic heterocycles. The van der Waals surface area contributed by atoms with E-state index >= 15 is 0 Å². The summed E-state index contributed by atoms with van der Waals surface area (Å²) in [5.74, 6) is 1.77. The Morgan fingerprint density at radius 3 is 2.58 bits per heavy atom. The molecule has 0 radical (unpaired) electrons. The van der Waals surface area contributed by atoms with E-state index in [1.165, 1.54) is 0 Å². The first-order chi connectivity index (χ1) is 11.5. The number of unbranched alkanes of at least 4 members (excludes halogenated alkanes) is 1. The van der Waals surface area contributed by atoms with Crippen LogP contribution in [0.2, 0.25) is 0 Å². The van der Waals surface area contributed by atoms with Crippen LogP contribution in [0.25, 0.3) is 0 Å². The lowest BCUT2D eigenvalue weighted by atomic mass is 10.1. The summed E-state index contributed by atoms with van der Waals surface area (Å²) in [6, 6.07) is 2.00. The van der Waals surface area contributed by atoms with Gasteiger partial charge in [-0.3, -0.25) is 0 Å². The van der Waals surface area contributed by atoms with Crippen LogP contribution in [0, 0.1) is 6.92 Å². The quantitative estimate of drug-likeness (QED) is 0.215. The summed E-state index contributed by atoms with van der Waals surface area (Å²) in [5, 5.41) is 3.92. The van der Waals surface area contributed by atoms with Crippen LogP contribution in [-0.4, -0.2) is 25.5 Å². The van der Waals surface area contributed by atoms with Gasteiger partial charge >= 0.3 is 0 Å². The second-order valence-corrected chi connectivity index (χ2v) is 6.49. The lowest BCUT2D eigenvalue weighted by Crippen LogP contribution is -2.05. The van der Waals surface area contributed by atoms with Gasteiger partial charge in [-0.05, 0) is 67.6 Å². The van der Waals surface area contributed by atoms with Gasteiger partial charge in [-0.1, -0.05) is 24.7 Å². The third kappa shape index (κ3) is 6.56. The fourth-order valence-corrected chi connectivity index (χ4v) is 2.89. The number of rotatable bonds is 11. The Morgan fingerprint density at radius 2 is 1.96 bits per heavy atom. The van der Waals surface area contributed by atoms with Crippen LogP contribution in [0.5, 0.6) is 11.5 Å². The van der Waals surface area contributed by atoms with E-state index in [-0.39, 0.29) is 0 Å². The lowest BCUT2D eigenvalue weighted by Gasteiger charge is -2.18. The average Bonchev–Trinajstić information content (AvgIpc) is 2.55. The highest BCUT2D eigenvalue weighted by Crippen LogP contribution is 2.38. The molecular weight excluding hydrogens is 370 g/mol. The van der Waals surface area contributed by atoms with E-state index in [1.807, 2.05) is 26.8 Å². The average molecular weight is 398 g/mol. The van der Waals surface area contributed by atoms with E-state index in [9.17, 15) is 0 Å². The molecule has 0 spiro atoms. The number of hydrogen-bond acceptors (Lipinski definition) is 4. The van der Waals surface area contributed by atoms with Crippen LogP contribution < -0.4 is 9.47 Å². The molecule has 0 heterocycles. The first-order valence-corrected chi connectivity index (χ1v) is 9.12. The van der Waals surface area contributed by atoms with Crippen molar-refractivity contribution in [3.05, 3.63) is 34.3 Å². The molecule has 1 aromatic rings. The van der Waals surface area contributed by atoms with Crippen molar-refractivity contribution in [2.24, 2.45) is 5.16 Å². The molecule has 0 aliphatic rings. The molecule has 0 unspecified atom stereocenters. The van der Waals surface area contributed by atoms with Gasteiger partial charge in [-0.25, -0.2) is 0 Å². The van der Waals surface area contributed by atoms with Crippen molar-refractivity contribution in [2.45, 2.75) is 47.0 Å². The molecule has 0 saturated carbocycles. The second kappa shape index (κ2) is 11.1. The molecule has 5 heteroatoms. The molecule has 0 aliphatic carbocycles. The van der Waals surface area contributed by atoms with E-state index in [1.54, 1.807) is 6.08 Å². The number of nitrogens with zero attached hydrogens (tertiary/aromatic N) is 1. The van der Waals surface area contributed by atoms with Gasteiger partial charge in [0.25, 0.3) is 0 Å². The zero-order chi connectivity index (χ0) is 17.9. The van der Waals surface area contributed by atoms with Crippen LogP contribution in [-0.2, 0) is 11.3 Å². The highest BCUT2D eigenvalue weighted by Gasteiger charge is 2.15. The molecule has 24 heavy (non-hydrogen) atoms. The molecule has 4 nitrogen and oxygen atoms in total. The maximum absolute atomic E-state index is 6.03. The third-order valence-electron chi connectivity index (χ3n) is 3.29. The predicted octanol–water partition coefficient (Wildman–Crippen LogP) is 5.46. The second-order valence-electron chi connectivity index (χ2n) is 5.69. The molecule has 134 valence electrons. The zero-order valence-electron chi connectivity index (χ0n) is 15.2. The largest absolute Gasteiger partial charge is 0.493 e. The SMILES string of the molecule is C=CCOc1cc(C)c(OCCCCON=C(C)C)c(CC)c1Br. The van der Waals surface area contributed by atoms with Gasteiger partial charge in [0.05, 0.1) is 16.8 Å². The van der Waals surface area contributed by atoms with Gasteiger partial charge in [0.1, 0.15) is 24.7 Å². The van der Waals surface area contributed by atoms with Gasteiger partial charge in [0.2, 0.25) is 0 Å². The van der Waals surface area contributed by atoms with Crippen molar-refractivity contribution in [1.29, 1.82) is 0 Å². The molecule has 1 rings (SSSR count). The first-order valence-electron chi connectivity index (χ1n) is 8.32. The standard InChI is InChI=1S/C19H28BrNO3/c1-6-10-22-17-13-15(5)19(16(7-2)18(17)20)23-11-8-9-12-24-21-14(3)4/h6,13H,1,7-12H2,2-5H3. The van der Waals surface area contributed by atoms with Crippen LogP contribution in [0.3, 0.4) is 0 Å². The Balaban J connectivity index is 2.62. The topological polar surface area (TPSA) is 40.0 Å². The highest BCUT2D eigenvalue weighted by molar-refractivity contribution is 9.10. The first kappa shape index (κ1) is 20.6. The minimum atomic E-state index is 0.487. The fraction of sp³-hybridized carbons (Fsp3) is 0.526. The Hall–Kier alpha value is -1.49. The number of halogens is 1. The number of benzene rings is 1. The normalized spacial score (nSPS) is 10.2. The zero-order valence-corrected chi connectivity index (χ0v) is 16.7. The minimum absolute atomic E-state index is 0.487. The van der Waals surface area contributed by atoms with Crippen molar-refractivity contribution < 1.29 is 14.3 Å². The van der Waals surface area contributed by atoms with Crippen LogP contribution >= 0.6 is 15.9 Å². The van der Waals surface area contributed by atoms with Crippen molar-refractivity contribution in [2.75, 3.05) is 19.8 Å². The Bertz CT molecular complexity index is 566. The molecular formula is C19H28BrNO3. The van der Waals surface area contributed by atoms with E-state index in [0.29, 0.717) is 19.8 Å². The monoisotopic (exact) mass is 397 g/mol. The summed E-state index contributed by atoms with van der Waals surface area (Å²) in [5.41, 5.74) is 3.14. The lowest BCUT2D eigenvalue weighted by molar-refractivity contribution is 0.135. The molecule has 1 aromatic carbocycles. The van der Waals surface area contributed by atoms with Crippen LogP contribution in [0.1, 0.15) is 44.7 Å². The summed E-state index contributed by atoms with van der Waals surface area (Å²) < 4.78 is 12.7. The summed E-state index contributed by atoms with van der Waals surface area (Å²) >= 11 is 3.64.